The van der Waals surface area contributed by atoms with Crippen LogP contribution in [0.25, 0.3) is 0 Å². The highest BCUT2D eigenvalue weighted by Crippen LogP contribution is 2.09. The van der Waals surface area contributed by atoms with E-state index in [1.54, 1.807) is 4.90 Å². The van der Waals surface area contributed by atoms with E-state index in [2.05, 4.69) is 19.6 Å². The van der Waals surface area contributed by atoms with Crippen LogP contribution in [0.2, 0.25) is 25.7 Å². The molecule has 0 saturated carbocycles. The first-order valence-electron chi connectivity index (χ1n) is 5.06. The van der Waals surface area contributed by atoms with E-state index in [0.717, 1.165) is 6.04 Å². The predicted octanol–water partition coefficient (Wildman–Crippen LogP) is 2.33. The van der Waals surface area contributed by atoms with Crippen molar-refractivity contribution >= 4 is 14.2 Å². The maximum Gasteiger partial charge on any atom is 0.410 e. The Morgan fingerprint density at radius 1 is 1.36 bits per heavy atom. The van der Waals surface area contributed by atoms with Gasteiger partial charge in [0.25, 0.3) is 0 Å². The summed E-state index contributed by atoms with van der Waals surface area (Å²) in [5, 5.41) is 0. The van der Waals surface area contributed by atoms with Gasteiger partial charge < -0.3 is 9.64 Å². The van der Waals surface area contributed by atoms with Crippen LogP contribution in [0.5, 0.6) is 0 Å². The van der Waals surface area contributed by atoms with E-state index in [-0.39, 0.29) is 6.09 Å². The fourth-order valence-corrected chi connectivity index (χ4v) is 1.88. The van der Waals surface area contributed by atoms with Gasteiger partial charge in [-0.3, -0.25) is 0 Å². The van der Waals surface area contributed by atoms with E-state index in [1.165, 1.54) is 0 Å². The summed E-state index contributed by atoms with van der Waals surface area (Å²) in [6.45, 7) is 8.80. The second-order valence-corrected chi connectivity index (χ2v) is 10.4. The molecule has 14 heavy (non-hydrogen) atoms. The Labute approximate surface area is 86.7 Å². The quantitative estimate of drug-likeness (QED) is 0.532. The minimum atomic E-state index is -1.07. The van der Waals surface area contributed by atoms with Gasteiger partial charge in [0.1, 0.15) is 0 Å². The van der Waals surface area contributed by atoms with Crippen molar-refractivity contribution in [2.24, 2.45) is 0 Å². The highest BCUT2D eigenvalue weighted by atomic mass is 28.3. The van der Waals surface area contributed by atoms with Crippen molar-refractivity contribution < 1.29 is 9.53 Å². The zero-order chi connectivity index (χ0) is 10.6. The number of carbonyl (C=O) groups is 1. The monoisotopic (exact) mass is 213 g/mol. The molecule has 0 radical (unpaired) electrons. The maximum atomic E-state index is 11.4. The predicted molar refractivity (Wildman–Crippen MR) is 60.2 cm³/mol. The average molecular weight is 213 g/mol. The van der Waals surface area contributed by atoms with E-state index in [9.17, 15) is 4.79 Å². The van der Waals surface area contributed by atoms with Crippen molar-refractivity contribution in [3.05, 3.63) is 12.2 Å². The van der Waals surface area contributed by atoms with Gasteiger partial charge in [0.15, 0.2) is 0 Å². The number of carbonyl (C=O) groups excluding carboxylic acids is 1. The Balaban J connectivity index is 2.15. The largest absolute Gasteiger partial charge is 0.450 e. The average Bonchev–Trinajstić information content (AvgIpc) is 2.53. The van der Waals surface area contributed by atoms with Gasteiger partial charge in [0.2, 0.25) is 0 Å². The molecule has 0 unspecified atom stereocenters. The number of nitrogens with zero attached hydrogens (tertiary/aromatic N) is 1. The van der Waals surface area contributed by atoms with E-state index < -0.39 is 8.07 Å². The molecule has 0 atom stereocenters. The van der Waals surface area contributed by atoms with Crippen LogP contribution in [-0.2, 0) is 4.74 Å². The molecule has 1 aliphatic heterocycles. The summed E-state index contributed by atoms with van der Waals surface area (Å²) in [6, 6.07) is 1.04. The van der Waals surface area contributed by atoms with Gasteiger partial charge >= 0.3 is 6.09 Å². The maximum absolute atomic E-state index is 11.4. The van der Waals surface area contributed by atoms with Crippen molar-refractivity contribution in [2.45, 2.75) is 25.7 Å². The van der Waals surface area contributed by atoms with Crippen LogP contribution < -0.4 is 0 Å². The second-order valence-electron chi connectivity index (χ2n) is 4.80. The molecule has 0 aromatic carbocycles. The lowest BCUT2D eigenvalue weighted by Gasteiger charge is -2.18. The first-order chi connectivity index (χ1) is 6.49. The van der Waals surface area contributed by atoms with Crippen LogP contribution >= 0.6 is 0 Å². The summed E-state index contributed by atoms with van der Waals surface area (Å²) in [5.74, 6) is 0. The van der Waals surface area contributed by atoms with Crippen molar-refractivity contribution in [1.29, 1.82) is 0 Å². The number of hydrogen-bond acceptors (Lipinski definition) is 2. The lowest BCUT2D eigenvalue weighted by atomic mass is 10.6. The lowest BCUT2D eigenvalue weighted by Crippen LogP contribution is -2.31. The molecule has 0 aromatic rings. The molecule has 0 spiro atoms. The highest BCUT2D eigenvalue weighted by Gasteiger charge is 2.17. The first-order valence-corrected chi connectivity index (χ1v) is 8.76. The third-order valence-electron chi connectivity index (χ3n) is 2.15. The van der Waals surface area contributed by atoms with Gasteiger partial charge in [0.05, 0.1) is 6.61 Å². The van der Waals surface area contributed by atoms with E-state index in [0.29, 0.717) is 19.7 Å². The van der Waals surface area contributed by atoms with Gasteiger partial charge in [-0.15, -0.1) is 0 Å². The van der Waals surface area contributed by atoms with Crippen LogP contribution in [0.3, 0.4) is 0 Å². The SMILES string of the molecule is C[Si](C)(C)CCOC(=O)N1CC=CC1. The first kappa shape index (κ1) is 11.3. The van der Waals surface area contributed by atoms with Crippen LogP contribution in [-0.4, -0.2) is 38.8 Å². The van der Waals surface area contributed by atoms with Crippen LogP contribution in [0.4, 0.5) is 4.79 Å². The minimum absolute atomic E-state index is 0.173. The molecule has 80 valence electrons. The summed E-state index contributed by atoms with van der Waals surface area (Å²) < 4.78 is 5.18. The summed E-state index contributed by atoms with van der Waals surface area (Å²) in [6.07, 6.45) is 3.80. The lowest BCUT2D eigenvalue weighted by molar-refractivity contribution is 0.117. The van der Waals surface area contributed by atoms with Gasteiger partial charge in [-0.25, -0.2) is 4.79 Å². The van der Waals surface area contributed by atoms with Crippen molar-refractivity contribution in [3.8, 4) is 0 Å². The highest BCUT2D eigenvalue weighted by molar-refractivity contribution is 6.76. The Bertz CT molecular complexity index is 225. The molecule has 1 aliphatic rings. The Morgan fingerprint density at radius 3 is 2.43 bits per heavy atom. The van der Waals surface area contributed by atoms with Crippen molar-refractivity contribution in [1.82, 2.24) is 4.90 Å². The molecular formula is C10H19NO2Si. The van der Waals surface area contributed by atoms with Gasteiger partial charge in [0, 0.05) is 21.2 Å². The fourth-order valence-electron chi connectivity index (χ4n) is 1.16. The summed E-state index contributed by atoms with van der Waals surface area (Å²) in [4.78, 5) is 13.1. The molecule has 3 nitrogen and oxygen atoms in total. The number of rotatable bonds is 3. The molecule has 0 N–H and O–H groups in total. The third-order valence-corrected chi connectivity index (χ3v) is 3.86. The fraction of sp³-hybridized carbons (Fsp3) is 0.700. The van der Waals surface area contributed by atoms with E-state index in [1.807, 2.05) is 12.2 Å². The second kappa shape index (κ2) is 4.64. The molecule has 1 rings (SSSR count). The third kappa shape index (κ3) is 3.96. The molecule has 0 fully saturated rings. The van der Waals surface area contributed by atoms with Gasteiger partial charge in [-0.2, -0.15) is 0 Å². The Morgan fingerprint density at radius 2 is 1.93 bits per heavy atom. The van der Waals surface area contributed by atoms with Gasteiger partial charge in [-0.1, -0.05) is 31.8 Å². The molecular weight excluding hydrogens is 194 g/mol. The number of ether oxygens (including phenoxy) is 1. The molecule has 0 saturated heterocycles. The molecule has 1 heterocycles. The molecule has 0 aromatic heterocycles. The zero-order valence-electron chi connectivity index (χ0n) is 9.25. The number of amides is 1. The minimum Gasteiger partial charge on any atom is -0.450 e. The summed E-state index contributed by atoms with van der Waals surface area (Å²) in [5.41, 5.74) is 0. The topological polar surface area (TPSA) is 29.5 Å². The normalized spacial score (nSPS) is 16.1. The summed E-state index contributed by atoms with van der Waals surface area (Å²) >= 11 is 0. The molecule has 0 bridgehead atoms. The smallest absolute Gasteiger partial charge is 0.410 e. The Hall–Kier alpha value is -0.773. The van der Waals surface area contributed by atoms with Gasteiger partial charge in [-0.05, 0) is 6.04 Å². The van der Waals surface area contributed by atoms with Crippen LogP contribution in [0, 0.1) is 0 Å². The van der Waals surface area contributed by atoms with Crippen molar-refractivity contribution in [3.63, 3.8) is 0 Å². The molecule has 4 heteroatoms. The van der Waals surface area contributed by atoms with Crippen LogP contribution in [0.15, 0.2) is 12.2 Å². The summed E-state index contributed by atoms with van der Waals surface area (Å²) in [7, 11) is -1.07. The Kier molecular flexibility index (Phi) is 3.75. The molecule has 1 amide bonds. The van der Waals surface area contributed by atoms with E-state index in [4.69, 9.17) is 4.74 Å². The zero-order valence-corrected chi connectivity index (χ0v) is 10.2. The molecule has 0 aliphatic carbocycles. The van der Waals surface area contributed by atoms with E-state index >= 15 is 0 Å². The standard InChI is InChI=1S/C10H19NO2Si/c1-14(2,3)9-8-13-10(12)11-6-4-5-7-11/h4-5H,6-9H2,1-3H3. The number of hydrogen-bond donors (Lipinski definition) is 0. The van der Waals surface area contributed by atoms with Crippen molar-refractivity contribution in [2.75, 3.05) is 19.7 Å². The van der Waals surface area contributed by atoms with Crippen LogP contribution in [0.1, 0.15) is 0 Å².